The molecule has 0 aromatic rings. The van der Waals surface area contributed by atoms with E-state index in [0.29, 0.717) is 12.8 Å². The highest BCUT2D eigenvalue weighted by Crippen LogP contribution is 2.29. The van der Waals surface area contributed by atoms with Crippen LogP contribution in [-0.2, 0) is 23.7 Å². The van der Waals surface area contributed by atoms with E-state index in [1.807, 2.05) is 6.08 Å². The van der Waals surface area contributed by atoms with Crippen molar-refractivity contribution >= 4 is 5.91 Å². The Morgan fingerprint density at radius 3 is 1.78 bits per heavy atom. The zero-order valence-electron chi connectivity index (χ0n) is 32.4. The lowest BCUT2D eigenvalue weighted by Crippen LogP contribution is -2.65. The summed E-state index contributed by atoms with van der Waals surface area (Å²) in [5.41, 5.74) is 0. The number of aliphatic hydroxyl groups excluding tert-OH is 8. The van der Waals surface area contributed by atoms with E-state index in [1.165, 1.54) is 32.1 Å². The molecule has 2 heterocycles. The smallest absolute Gasteiger partial charge is 0.220 e. The van der Waals surface area contributed by atoms with Crippen LogP contribution >= 0.6 is 0 Å². The first-order valence-corrected chi connectivity index (χ1v) is 20.2. The highest BCUT2D eigenvalue weighted by atomic mass is 16.7. The summed E-state index contributed by atoms with van der Waals surface area (Å²) in [7, 11) is 0. The van der Waals surface area contributed by atoms with Gasteiger partial charge in [-0.05, 0) is 38.5 Å². The molecule has 0 spiro atoms. The third-order valence-electron chi connectivity index (χ3n) is 9.79. The van der Waals surface area contributed by atoms with Gasteiger partial charge in [0.1, 0.15) is 48.8 Å². The second-order valence-corrected chi connectivity index (χ2v) is 14.4. The fourth-order valence-corrected chi connectivity index (χ4v) is 6.39. The van der Waals surface area contributed by atoms with Gasteiger partial charge >= 0.3 is 0 Å². The lowest BCUT2D eigenvalue weighted by molar-refractivity contribution is -0.359. The molecule has 0 aromatic carbocycles. The molecule has 0 radical (unpaired) electrons. The molecule has 2 fully saturated rings. The van der Waals surface area contributed by atoms with Crippen LogP contribution in [0.2, 0.25) is 0 Å². The van der Waals surface area contributed by atoms with Gasteiger partial charge in [-0.15, -0.1) is 0 Å². The average Bonchev–Trinajstić information content (AvgIpc) is 3.17. The molecule has 14 heteroatoms. The number of amides is 1. The summed E-state index contributed by atoms with van der Waals surface area (Å²) in [6, 6.07) is -0.929. The van der Waals surface area contributed by atoms with Crippen LogP contribution in [0.25, 0.3) is 0 Å². The van der Waals surface area contributed by atoms with Gasteiger partial charge in [-0.2, -0.15) is 0 Å². The van der Waals surface area contributed by atoms with Gasteiger partial charge in [0.05, 0.1) is 32.0 Å². The number of rotatable bonds is 28. The predicted molar refractivity (Wildman–Crippen MR) is 203 cm³/mol. The van der Waals surface area contributed by atoms with Crippen molar-refractivity contribution in [1.82, 2.24) is 5.32 Å². The lowest BCUT2D eigenvalue weighted by atomic mass is 9.97. The zero-order chi connectivity index (χ0) is 39.7. The first-order chi connectivity index (χ1) is 26.1. The van der Waals surface area contributed by atoms with Gasteiger partial charge in [-0.1, -0.05) is 108 Å². The Labute approximate surface area is 321 Å². The minimum Gasteiger partial charge on any atom is -0.394 e. The predicted octanol–water partition coefficient (Wildman–Crippen LogP) is 2.42. The summed E-state index contributed by atoms with van der Waals surface area (Å²) in [6.45, 7) is 2.60. The molecule has 14 nitrogen and oxygen atoms in total. The second kappa shape index (κ2) is 28.6. The molecule has 2 saturated heterocycles. The average molecular weight is 774 g/mol. The number of carbonyl (C=O) groups excluding carboxylic acids is 1. The molecule has 54 heavy (non-hydrogen) atoms. The van der Waals surface area contributed by atoms with E-state index in [-0.39, 0.29) is 18.9 Å². The minimum absolute atomic E-state index is 0.263. The molecule has 2 rings (SSSR count). The summed E-state index contributed by atoms with van der Waals surface area (Å²) in [6.07, 6.45) is 10.8. The maximum Gasteiger partial charge on any atom is 0.220 e. The van der Waals surface area contributed by atoms with Crippen LogP contribution in [0.1, 0.15) is 117 Å². The molecule has 2 aliphatic rings. The number of unbranched alkanes of at least 4 members (excludes halogenated alkanes) is 11. The molecule has 12 atom stereocenters. The van der Waals surface area contributed by atoms with Gasteiger partial charge < -0.3 is 65.1 Å². The number of hydrogen-bond donors (Lipinski definition) is 9. The Hall–Kier alpha value is -1.79. The molecule has 0 saturated carbocycles. The van der Waals surface area contributed by atoms with Gasteiger partial charge in [0.15, 0.2) is 12.6 Å². The van der Waals surface area contributed by atoms with Crippen molar-refractivity contribution in [2.24, 2.45) is 0 Å². The normalized spacial score (nSPS) is 30.4. The maximum atomic E-state index is 13.0. The first kappa shape index (κ1) is 48.4. The topological polar surface area (TPSA) is 228 Å². The number of hydrogen-bond acceptors (Lipinski definition) is 13. The monoisotopic (exact) mass is 773 g/mol. The van der Waals surface area contributed by atoms with Crippen molar-refractivity contribution in [3.63, 3.8) is 0 Å². The molecular formula is C40H71NO13. The van der Waals surface area contributed by atoms with Gasteiger partial charge in [0.25, 0.3) is 0 Å². The lowest BCUT2D eigenvalue weighted by Gasteiger charge is -2.46. The summed E-state index contributed by atoms with van der Waals surface area (Å²) in [4.78, 5) is 13.0. The van der Waals surface area contributed by atoms with Gasteiger partial charge in [-0.25, -0.2) is 0 Å². The zero-order valence-corrected chi connectivity index (χ0v) is 32.4. The summed E-state index contributed by atoms with van der Waals surface area (Å²) in [5.74, 6) is -0.263. The summed E-state index contributed by atoms with van der Waals surface area (Å²) >= 11 is 0. The molecule has 0 bridgehead atoms. The molecular weight excluding hydrogens is 702 g/mol. The number of carbonyl (C=O) groups is 1. The fraction of sp³-hybridized carbons (Fsp3) is 0.825. The highest BCUT2D eigenvalue weighted by molar-refractivity contribution is 5.76. The molecule has 0 aromatic heterocycles. The Morgan fingerprint density at radius 2 is 1.19 bits per heavy atom. The van der Waals surface area contributed by atoms with E-state index in [9.17, 15) is 45.6 Å². The number of ether oxygens (including phenoxy) is 4. The van der Waals surface area contributed by atoms with Crippen LogP contribution in [0.15, 0.2) is 36.5 Å². The Kier molecular flexibility index (Phi) is 25.6. The van der Waals surface area contributed by atoms with Crippen LogP contribution in [0.5, 0.6) is 0 Å². The van der Waals surface area contributed by atoms with Gasteiger partial charge in [-0.3, -0.25) is 4.79 Å². The summed E-state index contributed by atoms with van der Waals surface area (Å²) in [5, 5.41) is 86.0. The van der Waals surface area contributed by atoms with Crippen LogP contribution in [0.4, 0.5) is 0 Å². The van der Waals surface area contributed by atoms with E-state index in [4.69, 9.17) is 18.9 Å². The van der Waals surface area contributed by atoms with Crippen LogP contribution in [-0.4, -0.2) is 140 Å². The SMILES string of the molecule is CCC/C=C/CC/C=C/CC/C=C/C(O)C(COC1OC(CO)C(OC2OC(CO)C(O)C(O)C2O)C(O)C1O)NC(=O)CCCCCCCCCCC. The highest BCUT2D eigenvalue weighted by Gasteiger charge is 2.50. The number of nitrogens with one attached hydrogen (secondary N) is 1. The number of allylic oxidation sites excluding steroid dienone is 5. The van der Waals surface area contributed by atoms with Crippen molar-refractivity contribution in [2.45, 2.75) is 190 Å². The van der Waals surface area contributed by atoms with E-state index < -0.39 is 86.8 Å². The standard InChI is InChI=1S/C40H71NO13/c1-3-5-7-9-11-13-14-16-17-19-21-23-29(44)28(41-32(45)24-22-20-18-15-12-10-8-6-4-2)27-51-39-37(50)35(48)38(31(26-43)53-39)54-40-36(49)34(47)33(46)30(25-42)52-40/h7,9,14,16,21,23,28-31,33-40,42-44,46-50H,3-6,8,10-13,15,17-20,22,24-27H2,1-2H3,(H,41,45)/b9-7+,16-14+,23-21+. The van der Waals surface area contributed by atoms with Crippen LogP contribution in [0, 0.1) is 0 Å². The van der Waals surface area contributed by atoms with Crippen molar-refractivity contribution < 1.29 is 64.6 Å². The second-order valence-electron chi connectivity index (χ2n) is 14.4. The molecule has 0 aliphatic carbocycles. The fourth-order valence-electron chi connectivity index (χ4n) is 6.39. The van der Waals surface area contributed by atoms with E-state index in [1.54, 1.807) is 6.08 Å². The molecule has 9 N–H and O–H groups in total. The third kappa shape index (κ3) is 17.6. The Bertz CT molecular complexity index is 1060. The van der Waals surface area contributed by atoms with Gasteiger partial charge in [0.2, 0.25) is 5.91 Å². The molecule has 314 valence electrons. The third-order valence-corrected chi connectivity index (χ3v) is 9.79. The van der Waals surface area contributed by atoms with Crippen molar-refractivity contribution in [3.8, 4) is 0 Å². The molecule has 2 aliphatic heterocycles. The summed E-state index contributed by atoms with van der Waals surface area (Å²) < 4.78 is 22.5. The molecule has 12 unspecified atom stereocenters. The first-order valence-electron chi connectivity index (χ1n) is 20.2. The quantitative estimate of drug-likeness (QED) is 0.0412. The maximum absolute atomic E-state index is 13.0. The van der Waals surface area contributed by atoms with Crippen LogP contribution in [0.3, 0.4) is 0 Å². The van der Waals surface area contributed by atoms with Crippen molar-refractivity contribution in [1.29, 1.82) is 0 Å². The Balaban J connectivity index is 1.99. The Morgan fingerprint density at radius 1 is 0.648 bits per heavy atom. The van der Waals surface area contributed by atoms with Crippen LogP contribution < -0.4 is 5.32 Å². The molecule has 1 amide bonds. The van der Waals surface area contributed by atoms with Gasteiger partial charge in [0, 0.05) is 6.42 Å². The van der Waals surface area contributed by atoms with E-state index >= 15 is 0 Å². The van der Waals surface area contributed by atoms with E-state index in [2.05, 4.69) is 43.5 Å². The van der Waals surface area contributed by atoms with E-state index in [0.717, 1.165) is 51.4 Å². The largest absolute Gasteiger partial charge is 0.394 e. The number of aliphatic hydroxyl groups is 8. The van der Waals surface area contributed by atoms with Crippen molar-refractivity contribution in [3.05, 3.63) is 36.5 Å². The minimum atomic E-state index is -1.79. The van der Waals surface area contributed by atoms with Crippen molar-refractivity contribution in [2.75, 3.05) is 19.8 Å².